The van der Waals surface area contributed by atoms with Crippen LogP contribution in [0.4, 0.5) is 0 Å². The van der Waals surface area contributed by atoms with E-state index in [9.17, 15) is 14.7 Å². The summed E-state index contributed by atoms with van der Waals surface area (Å²) in [7, 11) is 1.62. The molecule has 1 saturated heterocycles. The Labute approximate surface area is 300 Å². The highest BCUT2D eigenvalue weighted by atomic mass is 16.5. The molecule has 3 saturated carbocycles. The number of hydrogen-bond donors (Lipinski definition) is 3. The second-order valence-corrected chi connectivity index (χ2v) is 19.5. The van der Waals surface area contributed by atoms with Crippen molar-refractivity contribution in [3.63, 3.8) is 0 Å². The molecule has 10 heteroatoms. The topological polar surface area (TPSA) is 142 Å². The molecule has 0 unspecified atom stereocenters. The third-order valence-electron chi connectivity index (χ3n) is 16.0. The summed E-state index contributed by atoms with van der Waals surface area (Å²) >= 11 is 0. The molecule has 4 N–H and O–H groups in total. The number of carboxylic acids is 1. The van der Waals surface area contributed by atoms with Crippen LogP contribution < -0.4 is 11.1 Å². The molecule has 0 aromatic carbocycles. The van der Waals surface area contributed by atoms with Gasteiger partial charge < -0.3 is 25.6 Å². The minimum atomic E-state index is -0.648. The molecule has 4 fully saturated rings. The fourth-order valence-electron chi connectivity index (χ4n) is 12.3. The number of carbonyl (C=O) groups excluding carboxylic acids is 1. The molecule has 6 rings (SSSR count). The summed E-state index contributed by atoms with van der Waals surface area (Å²) in [5.41, 5.74) is 6.45. The van der Waals surface area contributed by atoms with Crippen molar-refractivity contribution < 1.29 is 24.2 Å². The number of aliphatic carboxylic acids is 1. The molecule has 1 aromatic heterocycles. The van der Waals surface area contributed by atoms with Crippen molar-refractivity contribution in [1.82, 2.24) is 20.1 Å². The standard InChI is InChI=1S/C40H65N5O5/c1-23(2)24(3)36(7)16-17-38(9)25-12-13-28-37(8)20-49-21-40(28,26(25)14-15-39(38,10)30(36)34(47)48)18-27(31(37)50-19-29(41)35(4,5)6)45-32(33(46)42-11)43-22-44-45/h14,22-25,27-31H,12-13,15-21,41H2,1-11H3,(H,42,46)(H,47,48)/t24-,25+,27-,28+,29+,30-,31+,36-,37-,38-,39+,40+/m1/s1. The zero-order valence-electron chi connectivity index (χ0n) is 32.6. The van der Waals surface area contributed by atoms with Gasteiger partial charge in [-0.05, 0) is 83.9 Å². The lowest BCUT2D eigenvalue weighted by Crippen LogP contribution is -2.69. The normalized spacial score (nSPS) is 42.4. The van der Waals surface area contributed by atoms with Crippen LogP contribution in [0, 0.1) is 62.1 Å². The molecule has 5 aliphatic rings. The van der Waals surface area contributed by atoms with Gasteiger partial charge in [-0.15, -0.1) is 0 Å². The monoisotopic (exact) mass is 695 g/mol. The molecule has 4 aliphatic carbocycles. The van der Waals surface area contributed by atoms with Crippen molar-refractivity contribution in [3.8, 4) is 0 Å². The first-order valence-electron chi connectivity index (χ1n) is 19.2. The number of nitrogens with zero attached hydrogens (tertiary/aromatic N) is 3. The number of carbonyl (C=O) groups is 2. The lowest BCUT2D eigenvalue weighted by Gasteiger charge is -2.71. The van der Waals surface area contributed by atoms with Crippen LogP contribution in [0.15, 0.2) is 18.0 Å². The molecule has 50 heavy (non-hydrogen) atoms. The van der Waals surface area contributed by atoms with Gasteiger partial charge in [0, 0.05) is 23.9 Å². The van der Waals surface area contributed by atoms with Gasteiger partial charge in [0.15, 0.2) is 0 Å². The molecule has 0 spiro atoms. The molecular formula is C40H65N5O5. The highest BCUT2D eigenvalue weighted by Crippen LogP contribution is 2.75. The number of rotatable bonds is 8. The molecular weight excluding hydrogens is 630 g/mol. The first kappa shape index (κ1) is 37.5. The van der Waals surface area contributed by atoms with Gasteiger partial charge in [-0.25, -0.2) is 9.67 Å². The van der Waals surface area contributed by atoms with Gasteiger partial charge in [0.25, 0.3) is 5.91 Å². The molecule has 1 amide bonds. The van der Waals surface area contributed by atoms with Gasteiger partial charge in [-0.3, -0.25) is 9.59 Å². The van der Waals surface area contributed by atoms with Crippen molar-refractivity contribution in [2.24, 2.45) is 67.8 Å². The molecule has 2 bridgehead atoms. The Morgan fingerprint density at radius 3 is 2.44 bits per heavy atom. The van der Waals surface area contributed by atoms with Crippen LogP contribution in [0.5, 0.6) is 0 Å². The minimum Gasteiger partial charge on any atom is -0.481 e. The van der Waals surface area contributed by atoms with Crippen LogP contribution >= 0.6 is 0 Å². The third-order valence-corrected chi connectivity index (χ3v) is 16.0. The van der Waals surface area contributed by atoms with Crippen molar-refractivity contribution in [3.05, 3.63) is 23.8 Å². The average Bonchev–Trinajstić information content (AvgIpc) is 3.53. The van der Waals surface area contributed by atoms with E-state index in [-0.39, 0.29) is 68.8 Å². The Hall–Kier alpha value is -2.30. The highest BCUT2D eigenvalue weighted by molar-refractivity contribution is 5.90. The van der Waals surface area contributed by atoms with Crippen molar-refractivity contribution in [1.29, 1.82) is 0 Å². The van der Waals surface area contributed by atoms with Crippen LogP contribution in [0.25, 0.3) is 0 Å². The Morgan fingerprint density at radius 2 is 1.82 bits per heavy atom. The predicted octanol–water partition coefficient (Wildman–Crippen LogP) is 6.53. The number of aromatic nitrogens is 3. The summed E-state index contributed by atoms with van der Waals surface area (Å²) in [6.45, 7) is 24.0. The van der Waals surface area contributed by atoms with Gasteiger partial charge in [0.05, 0.1) is 37.9 Å². The number of hydrogen-bond acceptors (Lipinski definition) is 7. The lowest BCUT2D eigenvalue weighted by atomic mass is 9.34. The van der Waals surface area contributed by atoms with E-state index in [0.29, 0.717) is 38.1 Å². The average molecular weight is 696 g/mol. The van der Waals surface area contributed by atoms with Crippen LogP contribution in [0.1, 0.15) is 124 Å². The maximum atomic E-state index is 13.5. The molecule has 2 heterocycles. The molecule has 280 valence electrons. The number of amides is 1. The largest absolute Gasteiger partial charge is 0.481 e. The van der Waals surface area contributed by atoms with Crippen LogP contribution in [-0.4, -0.2) is 70.8 Å². The lowest BCUT2D eigenvalue weighted by molar-refractivity contribution is -0.251. The zero-order valence-corrected chi connectivity index (χ0v) is 32.6. The Morgan fingerprint density at radius 1 is 1.12 bits per heavy atom. The van der Waals surface area contributed by atoms with Gasteiger partial charge >= 0.3 is 5.97 Å². The second kappa shape index (κ2) is 12.4. The summed E-state index contributed by atoms with van der Waals surface area (Å²) in [4.78, 5) is 31.1. The molecule has 0 radical (unpaired) electrons. The van der Waals surface area contributed by atoms with E-state index in [1.807, 2.05) is 4.68 Å². The number of fused-ring (bicyclic) bond motifs is 3. The van der Waals surface area contributed by atoms with E-state index in [1.165, 1.54) is 11.9 Å². The van der Waals surface area contributed by atoms with Gasteiger partial charge in [-0.2, -0.15) is 5.10 Å². The minimum absolute atomic E-state index is 0.137. The first-order valence-corrected chi connectivity index (χ1v) is 19.2. The van der Waals surface area contributed by atoms with Crippen molar-refractivity contribution >= 4 is 11.9 Å². The third kappa shape index (κ3) is 5.19. The Kier molecular flexibility index (Phi) is 9.29. The first-order chi connectivity index (χ1) is 23.2. The van der Waals surface area contributed by atoms with E-state index in [1.54, 1.807) is 7.05 Å². The molecule has 1 aromatic rings. The van der Waals surface area contributed by atoms with Gasteiger partial charge in [0.2, 0.25) is 5.82 Å². The molecule has 1 aliphatic heterocycles. The number of nitrogens with two attached hydrogens (primary N) is 1. The van der Waals surface area contributed by atoms with Crippen molar-refractivity contribution in [2.75, 3.05) is 26.9 Å². The molecule has 10 nitrogen and oxygen atoms in total. The fraction of sp³-hybridized carbons (Fsp3) is 0.850. The zero-order chi connectivity index (χ0) is 36.8. The van der Waals surface area contributed by atoms with Crippen LogP contribution in [0.3, 0.4) is 0 Å². The smallest absolute Gasteiger partial charge is 0.307 e. The number of ether oxygens (including phenoxy) is 2. The Bertz CT molecular complexity index is 1520. The van der Waals surface area contributed by atoms with Gasteiger partial charge in [-0.1, -0.05) is 80.9 Å². The summed E-state index contributed by atoms with van der Waals surface area (Å²) in [5.74, 6) is 0.140. The van der Waals surface area contributed by atoms with E-state index < -0.39 is 17.3 Å². The predicted molar refractivity (Wildman–Crippen MR) is 193 cm³/mol. The van der Waals surface area contributed by atoms with Crippen molar-refractivity contribution in [2.45, 2.75) is 126 Å². The summed E-state index contributed by atoms with van der Waals surface area (Å²) in [6, 6.07) is -0.444. The number of carboxylic acid groups (broad SMARTS) is 1. The van der Waals surface area contributed by atoms with Crippen LogP contribution in [0.2, 0.25) is 0 Å². The maximum Gasteiger partial charge on any atom is 0.307 e. The van der Waals surface area contributed by atoms with E-state index in [2.05, 4.69) is 85.6 Å². The van der Waals surface area contributed by atoms with E-state index in [4.69, 9.17) is 20.3 Å². The quantitative estimate of drug-likeness (QED) is 0.261. The molecule has 12 atom stereocenters. The summed E-state index contributed by atoms with van der Waals surface area (Å²) < 4.78 is 15.5. The van der Waals surface area contributed by atoms with E-state index in [0.717, 1.165) is 32.1 Å². The second-order valence-electron chi connectivity index (χ2n) is 19.5. The number of allylic oxidation sites excluding steroid dienone is 1. The number of nitrogens with one attached hydrogen (secondary N) is 1. The van der Waals surface area contributed by atoms with E-state index >= 15 is 0 Å². The summed E-state index contributed by atoms with van der Waals surface area (Å²) in [5, 5.41) is 18.5. The maximum absolute atomic E-state index is 13.5. The fourth-order valence-corrected chi connectivity index (χ4v) is 12.3. The highest BCUT2D eigenvalue weighted by Gasteiger charge is 2.72. The SMILES string of the molecule is CNC(=O)c1ncnn1[C@@H]1C[C@@]23COC[C@](C)([C@@H]2CC[C@H]2C3=CC[C@@]3(C)[C@H](C(=O)O)[C@@](C)([C@H](C)C(C)C)CC[C@]23C)[C@H]1OC[C@H](N)C(C)(C)C. The Balaban J connectivity index is 1.47. The summed E-state index contributed by atoms with van der Waals surface area (Å²) in [6.07, 6.45) is 9.02. The van der Waals surface area contributed by atoms with Crippen LogP contribution in [-0.2, 0) is 14.3 Å². The van der Waals surface area contributed by atoms with Gasteiger partial charge in [0.1, 0.15) is 6.33 Å².